The predicted octanol–water partition coefficient (Wildman–Crippen LogP) is 0.660. The van der Waals surface area contributed by atoms with E-state index in [4.69, 9.17) is 10.00 Å². The third kappa shape index (κ3) is 4.21. The molecule has 2 unspecified atom stereocenters. The number of hydrogen-bond donors (Lipinski definition) is 2. The number of carbonyl (C=O) groups is 1. The number of allylic oxidation sites excluding steroid dienone is 2. The number of alkyl halides is 1. The topological polar surface area (TPSA) is 118 Å². The number of halogens is 1. The van der Waals surface area contributed by atoms with Crippen LogP contribution in [0, 0.1) is 17.2 Å². The zero-order chi connectivity index (χ0) is 20.2. The normalized spacial score (nSPS) is 23.9. The van der Waals surface area contributed by atoms with Crippen molar-refractivity contribution >= 4 is 5.91 Å². The Labute approximate surface area is 165 Å². The van der Waals surface area contributed by atoms with Crippen LogP contribution in [0.5, 0.6) is 0 Å². The number of rotatable bonds is 4. The fourth-order valence-corrected chi connectivity index (χ4v) is 3.17. The Hall–Kier alpha value is -3.42. The van der Waals surface area contributed by atoms with Crippen molar-refractivity contribution in [3.63, 3.8) is 0 Å². The summed E-state index contributed by atoms with van der Waals surface area (Å²) in [4.78, 5) is 20.5. The molecule has 3 heterocycles. The zero-order valence-electron chi connectivity index (χ0n) is 15.3. The fraction of sp³-hybridized carbons (Fsp3) is 0.316. The Balaban J connectivity index is 1.40. The highest BCUT2D eigenvalue weighted by atomic mass is 19.1. The lowest BCUT2D eigenvalue weighted by molar-refractivity contribution is -0.0113. The van der Waals surface area contributed by atoms with Crippen molar-refractivity contribution in [2.75, 3.05) is 19.7 Å². The first kappa shape index (κ1) is 18.9. The smallest absolute Gasteiger partial charge is 0.258 e. The third-order valence-corrected chi connectivity index (χ3v) is 4.68. The average molecular weight is 395 g/mol. The number of aromatic nitrogens is 4. The van der Waals surface area contributed by atoms with Gasteiger partial charge in [0.05, 0.1) is 36.9 Å². The molecule has 2 aromatic rings. The molecule has 1 amide bonds. The minimum absolute atomic E-state index is 0.184. The van der Waals surface area contributed by atoms with Gasteiger partial charge < -0.3 is 15.4 Å². The van der Waals surface area contributed by atoms with Gasteiger partial charge in [0.15, 0.2) is 11.5 Å². The van der Waals surface area contributed by atoms with Gasteiger partial charge in [-0.25, -0.2) is 19.0 Å². The maximum absolute atomic E-state index is 14.6. The first-order valence-electron chi connectivity index (χ1n) is 9.09. The van der Waals surface area contributed by atoms with Gasteiger partial charge in [-0.15, -0.1) is 0 Å². The molecule has 0 radical (unpaired) electrons. The van der Waals surface area contributed by atoms with E-state index in [-0.39, 0.29) is 23.3 Å². The Morgan fingerprint density at radius 3 is 2.97 bits per heavy atom. The van der Waals surface area contributed by atoms with Gasteiger partial charge >= 0.3 is 0 Å². The van der Waals surface area contributed by atoms with E-state index < -0.39 is 12.1 Å². The Morgan fingerprint density at radius 1 is 1.38 bits per heavy atom. The molecule has 0 aromatic carbocycles. The molecule has 0 saturated carbocycles. The van der Waals surface area contributed by atoms with Crippen molar-refractivity contribution in [1.82, 2.24) is 30.4 Å². The highest BCUT2D eigenvalue weighted by Crippen LogP contribution is 2.25. The molecule has 10 heteroatoms. The molecule has 3 atom stereocenters. The number of amides is 1. The van der Waals surface area contributed by atoms with Crippen LogP contribution in [0.4, 0.5) is 4.39 Å². The average Bonchev–Trinajstić information content (AvgIpc) is 3.25. The highest BCUT2D eigenvalue weighted by molar-refractivity contribution is 5.95. The molecule has 1 aliphatic heterocycles. The second-order valence-corrected chi connectivity index (χ2v) is 6.62. The van der Waals surface area contributed by atoms with Gasteiger partial charge in [-0.3, -0.25) is 4.79 Å². The van der Waals surface area contributed by atoms with Crippen LogP contribution in [0.25, 0.3) is 5.82 Å². The van der Waals surface area contributed by atoms with E-state index in [0.29, 0.717) is 24.7 Å². The van der Waals surface area contributed by atoms with Crippen LogP contribution in [-0.2, 0) is 4.74 Å². The first-order chi connectivity index (χ1) is 14.1. The van der Waals surface area contributed by atoms with Gasteiger partial charge in [-0.05, 0) is 12.2 Å². The maximum Gasteiger partial charge on any atom is 0.258 e. The lowest BCUT2D eigenvalue weighted by Crippen LogP contribution is -2.45. The standard InChI is InChI=1S/C19H18FN7O2/c20-16-5-13(1-2-15(16)17-9-22-3-4-29-17)26-19(28)12-7-25-27(11-12)18-10-23-14(6-21)8-24-18/h1-2,5,7-8,10-11,15-17,22H,3-4,9H2,(H,26,28)/t15?,16?,17-/m1/s1. The van der Waals surface area contributed by atoms with E-state index in [0.717, 1.165) is 6.54 Å². The minimum atomic E-state index is -1.25. The summed E-state index contributed by atoms with van der Waals surface area (Å²) in [7, 11) is 0. The summed E-state index contributed by atoms with van der Waals surface area (Å²) in [5.74, 6) is -0.441. The summed E-state index contributed by atoms with van der Waals surface area (Å²) in [6, 6.07) is 1.88. The predicted molar refractivity (Wildman–Crippen MR) is 99.6 cm³/mol. The molecule has 29 heavy (non-hydrogen) atoms. The number of nitrogens with one attached hydrogen (secondary N) is 2. The van der Waals surface area contributed by atoms with Gasteiger partial charge in [0.2, 0.25) is 0 Å². The molecule has 2 N–H and O–H groups in total. The first-order valence-corrected chi connectivity index (χ1v) is 9.09. The lowest BCUT2D eigenvalue weighted by Gasteiger charge is -2.32. The van der Waals surface area contributed by atoms with Gasteiger partial charge in [0, 0.05) is 30.9 Å². The highest BCUT2D eigenvalue weighted by Gasteiger charge is 2.31. The fourth-order valence-electron chi connectivity index (χ4n) is 3.17. The van der Waals surface area contributed by atoms with E-state index >= 15 is 0 Å². The van der Waals surface area contributed by atoms with Crippen LogP contribution in [0.1, 0.15) is 16.1 Å². The summed E-state index contributed by atoms with van der Waals surface area (Å²) < 4.78 is 21.6. The monoisotopic (exact) mass is 395 g/mol. The van der Waals surface area contributed by atoms with Crippen LogP contribution in [0.3, 0.4) is 0 Å². The van der Waals surface area contributed by atoms with Crippen LogP contribution in [0.15, 0.2) is 48.7 Å². The van der Waals surface area contributed by atoms with Gasteiger partial charge in [0.1, 0.15) is 12.2 Å². The number of hydrogen-bond acceptors (Lipinski definition) is 7. The van der Waals surface area contributed by atoms with Crippen molar-refractivity contribution in [2.45, 2.75) is 12.3 Å². The van der Waals surface area contributed by atoms with E-state index in [2.05, 4.69) is 25.7 Å². The number of morpholine rings is 1. The van der Waals surface area contributed by atoms with E-state index in [1.807, 2.05) is 6.07 Å². The third-order valence-electron chi connectivity index (χ3n) is 4.68. The molecule has 0 spiro atoms. The van der Waals surface area contributed by atoms with Gasteiger partial charge in [0.25, 0.3) is 5.91 Å². The van der Waals surface area contributed by atoms with Crippen molar-refractivity contribution < 1.29 is 13.9 Å². The van der Waals surface area contributed by atoms with E-state index in [1.165, 1.54) is 35.5 Å². The molecule has 1 saturated heterocycles. The van der Waals surface area contributed by atoms with E-state index in [1.54, 1.807) is 12.2 Å². The SMILES string of the molecule is N#Cc1cnc(-n2cc(C(=O)NC3=CC(F)C([C@H]4CNCCO4)C=C3)cn2)cn1. The Kier molecular flexibility index (Phi) is 5.41. The van der Waals surface area contributed by atoms with Crippen LogP contribution < -0.4 is 10.6 Å². The van der Waals surface area contributed by atoms with Crippen molar-refractivity contribution in [1.29, 1.82) is 5.26 Å². The Bertz CT molecular complexity index is 987. The molecule has 0 bridgehead atoms. The van der Waals surface area contributed by atoms with Crippen LogP contribution in [0.2, 0.25) is 0 Å². The van der Waals surface area contributed by atoms with Crippen molar-refractivity contribution in [3.05, 3.63) is 60.0 Å². The van der Waals surface area contributed by atoms with Crippen molar-refractivity contribution in [2.24, 2.45) is 5.92 Å². The second kappa shape index (κ2) is 8.30. The van der Waals surface area contributed by atoms with Crippen LogP contribution >= 0.6 is 0 Å². The summed E-state index contributed by atoms with van der Waals surface area (Å²) in [6.07, 6.45) is 8.88. The maximum atomic E-state index is 14.6. The summed E-state index contributed by atoms with van der Waals surface area (Å²) >= 11 is 0. The van der Waals surface area contributed by atoms with Gasteiger partial charge in [-0.1, -0.05) is 6.08 Å². The largest absolute Gasteiger partial charge is 0.375 e. The molecule has 4 rings (SSSR count). The minimum Gasteiger partial charge on any atom is -0.375 e. The molecule has 2 aromatic heterocycles. The zero-order valence-corrected chi connectivity index (χ0v) is 15.3. The lowest BCUT2D eigenvalue weighted by atomic mass is 9.91. The molecular weight excluding hydrogens is 377 g/mol. The summed E-state index contributed by atoms with van der Waals surface area (Å²) in [5, 5.41) is 18.7. The van der Waals surface area contributed by atoms with Gasteiger partial charge in [-0.2, -0.15) is 10.4 Å². The molecule has 1 fully saturated rings. The quantitative estimate of drug-likeness (QED) is 0.781. The number of nitrogens with zero attached hydrogens (tertiary/aromatic N) is 5. The Morgan fingerprint density at radius 2 is 2.28 bits per heavy atom. The number of ether oxygens (including phenoxy) is 1. The number of carbonyl (C=O) groups excluding carboxylic acids is 1. The van der Waals surface area contributed by atoms with E-state index in [9.17, 15) is 9.18 Å². The molecule has 1 aliphatic carbocycles. The number of nitriles is 1. The van der Waals surface area contributed by atoms with Crippen molar-refractivity contribution in [3.8, 4) is 11.9 Å². The molecule has 2 aliphatic rings. The molecule has 9 nitrogen and oxygen atoms in total. The molecule has 148 valence electrons. The summed E-state index contributed by atoms with van der Waals surface area (Å²) in [6.45, 7) is 1.92. The second-order valence-electron chi connectivity index (χ2n) is 6.62. The molecular formula is C19H18FN7O2. The van der Waals surface area contributed by atoms with Crippen LogP contribution in [-0.4, -0.2) is 57.6 Å². The summed E-state index contributed by atoms with van der Waals surface area (Å²) in [5.41, 5.74) is 0.847.